The summed E-state index contributed by atoms with van der Waals surface area (Å²) in [6, 6.07) is 0.645. The number of nitrogens with zero attached hydrogens (tertiary/aromatic N) is 1. The number of benzene rings is 1. The third kappa shape index (κ3) is 6.09. The lowest BCUT2D eigenvalue weighted by molar-refractivity contribution is -0.273. The fourth-order valence-electron chi connectivity index (χ4n) is 4.36. The Hall–Kier alpha value is -3.62. The number of H-pyrrole nitrogens is 1. The molecule has 0 radical (unpaired) electrons. The van der Waals surface area contributed by atoms with E-state index in [0.29, 0.717) is 6.54 Å². The second-order valence-electron chi connectivity index (χ2n) is 9.54. The summed E-state index contributed by atoms with van der Waals surface area (Å²) in [6.45, 7) is 4.66. The molecular formula is C23H26F6N6O3. The Labute approximate surface area is 213 Å². The first-order valence-electron chi connectivity index (χ1n) is 11.5. The second kappa shape index (κ2) is 9.93. The zero-order chi connectivity index (χ0) is 27.9. The number of hydrogen-bond acceptors (Lipinski definition) is 7. The number of aromatic nitrogens is 1. The van der Waals surface area contributed by atoms with E-state index in [4.69, 9.17) is 0 Å². The molecule has 5 N–H and O–H groups in total. The van der Waals surface area contributed by atoms with Crippen LogP contribution in [0.4, 0.5) is 36.8 Å². The maximum atomic E-state index is 13.9. The number of aliphatic imine (C=N–C) groups is 1. The summed E-state index contributed by atoms with van der Waals surface area (Å²) in [7, 11) is 1.01. The van der Waals surface area contributed by atoms with Crippen molar-refractivity contribution in [2.24, 2.45) is 4.99 Å². The number of ether oxygens (including phenoxy) is 2. The minimum absolute atomic E-state index is 0.00843. The molecule has 9 nitrogen and oxygen atoms in total. The molecular weight excluding hydrogens is 522 g/mol. The first kappa shape index (κ1) is 27.4. The average molecular weight is 548 g/mol. The van der Waals surface area contributed by atoms with Crippen LogP contribution in [0.15, 0.2) is 35.1 Å². The summed E-state index contributed by atoms with van der Waals surface area (Å²) in [4.78, 5) is 18.4. The van der Waals surface area contributed by atoms with Crippen molar-refractivity contribution in [3.63, 3.8) is 0 Å². The third-order valence-corrected chi connectivity index (χ3v) is 6.31. The summed E-state index contributed by atoms with van der Waals surface area (Å²) in [5, 5.41) is 11.1. The minimum atomic E-state index is -5.16. The second-order valence-corrected chi connectivity index (χ2v) is 9.54. The number of amides is 1. The minimum Gasteiger partial charge on any atom is -0.453 e. The van der Waals surface area contributed by atoms with Gasteiger partial charge >= 0.3 is 18.6 Å². The van der Waals surface area contributed by atoms with Crippen LogP contribution < -0.4 is 26.0 Å². The fraction of sp³-hybridized carbons (Fsp3) is 0.478. The van der Waals surface area contributed by atoms with E-state index in [1.165, 1.54) is 6.07 Å². The first-order valence-corrected chi connectivity index (χ1v) is 11.5. The standard InChI is InChI=1S/C23H26F6N6O3/c1-21(2)7-6-11(8-32-21)33-19-31-10-14(22(24,25)26)16(35-19)13-9-30-17-12(13)4-5-15(34-20(36)37-3)18(17)38-23(27,28)29/h4-5,9-11,16,30,32H,6-8H2,1-3H3,(H,34,36)(H2,31,33,35)/t11-,16?/m0/s1. The normalized spacial score (nSPS) is 21.7. The Morgan fingerprint density at radius 2 is 1.92 bits per heavy atom. The van der Waals surface area contributed by atoms with Gasteiger partial charge in [-0.15, -0.1) is 13.2 Å². The topological polar surface area (TPSA) is 112 Å². The maximum absolute atomic E-state index is 13.9. The number of nitrogens with one attached hydrogen (secondary N) is 5. The highest BCUT2D eigenvalue weighted by Crippen LogP contribution is 2.44. The highest BCUT2D eigenvalue weighted by atomic mass is 19.4. The molecule has 1 unspecified atom stereocenters. The number of anilines is 1. The van der Waals surface area contributed by atoms with Crippen LogP contribution in [0.1, 0.15) is 38.3 Å². The van der Waals surface area contributed by atoms with Gasteiger partial charge in [-0.25, -0.2) is 9.79 Å². The van der Waals surface area contributed by atoms with E-state index in [-0.39, 0.29) is 34.0 Å². The number of fused-ring (bicyclic) bond motifs is 1. The van der Waals surface area contributed by atoms with E-state index >= 15 is 0 Å². The lowest BCUT2D eigenvalue weighted by Gasteiger charge is -2.37. The van der Waals surface area contributed by atoms with Gasteiger partial charge in [-0.1, -0.05) is 6.07 Å². The largest absolute Gasteiger partial charge is 0.573 e. The summed E-state index contributed by atoms with van der Waals surface area (Å²) in [6.07, 6.45) is -7.50. The Morgan fingerprint density at radius 1 is 1.18 bits per heavy atom. The average Bonchev–Trinajstić information content (AvgIpc) is 3.25. The zero-order valence-electron chi connectivity index (χ0n) is 20.5. The van der Waals surface area contributed by atoms with Crippen LogP contribution in [-0.2, 0) is 4.74 Å². The molecule has 2 atom stereocenters. The Balaban J connectivity index is 1.73. The van der Waals surface area contributed by atoms with E-state index < -0.39 is 41.7 Å². The summed E-state index contributed by atoms with van der Waals surface area (Å²) in [5.41, 5.74) is -1.82. The lowest BCUT2D eigenvalue weighted by atomic mass is 9.91. The van der Waals surface area contributed by atoms with Crippen molar-refractivity contribution in [3.8, 4) is 5.75 Å². The molecule has 3 heterocycles. The number of carbonyl (C=O) groups is 1. The molecule has 0 bridgehead atoms. The van der Waals surface area contributed by atoms with Crippen LogP contribution in [0.5, 0.6) is 5.75 Å². The van der Waals surface area contributed by atoms with Crippen molar-refractivity contribution in [1.82, 2.24) is 20.9 Å². The van der Waals surface area contributed by atoms with Gasteiger partial charge in [0.1, 0.15) is 6.04 Å². The Morgan fingerprint density at radius 3 is 2.53 bits per heavy atom. The third-order valence-electron chi connectivity index (χ3n) is 6.31. The number of hydrogen-bond donors (Lipinski definition) is 5. The van der Waals surface area contributed by atoms with Crippen LogP contribution >= 0.6 is 0 Å². The van der Waals surface area contributed by atoms with Gasteiger partial charge in [0, 0.05) is 41.5 Å². The molecule has 1 fully saturated rings. The maximum Gasteiger partial charge on any atom is 0.573 e. The molecule has 208 valence electrons. The lowest BCUT2D eigenvalue weighted by Crippen LogP contribution is -2.55. The quantitative estimate of drug-likeness (QED) is 0.351. The smallest absolute Gasteiger partial charge is 0.453 e. The van der Waals surface area contributed by atoms with Gasteiger partial charge < -0.3 is 30.4 Å². The van der Waals surface area contributed by atoms with Gasteiger partial charge in [0.2, 0.25) is 0 Å². The zero-order valence-corrected chi connectivity index (χ0v) is 20.5. The monoisotopic (exact) mass is 548 g/mol. The number of methoxy groups -OCH3 is 1. The predicted molar refractivity (Wildman–Crippen MR) is 127 cm³/mol. The van der Waals surface area contributed by atoms with E-state index in [1.807, 2.05) is 13.8 Å². The van der Waals surface area contributed by atoms with Gasteiger partial charge in [0.05, 0.1) is 23.9 Å². The molecule has 1 amide bonds. The molecule has 0 saturated carbocycles. The molecule has 2 aromatic rings. The van der Waals surface area contributed by atoms with Gasteiger partial charge in [-0.3, -0.25) is 5.32 Å². The predicted octanol–water partition coefficient (Wildman–Crippen LogP) is 4.81. The van der Waals surface area contributed by atoms with Gasteiger partial charge in [0.15, 0.2) is 11.7 Å². The molecule has 1 aromatic heterocycles. The van der Waals surface area contributed by atoms with Crippen molar-refractivity contribution in [1.29, 1.82) is 0 Å². The number of halogens is 6. The molecule has 0 aliphatic carbocycles. The number of aromatic amines is 1. The van der Waals surface area contributed by atoms with E-state index in [2.05, 4.69) is 40.7 Å². The van der Waals surface area contributed by atoms with Gasteiger partial charge in [0.25, 0.3) is 0 Å². The highest BCUT2D eigenvalue weighted by Gasteiger charge is 2.43. The molecule has 4 rings (SSSR count). The molecule has 0 spiro atoms. The highest BCUT2D eigenvalue weighted by molar-refractivity contribution is 5.98. The van der Waals surface area contributed by atoms with Gasteiger partial charge in [-0.2, -0.15) is 13.2 Å². The fourth-order valence-corrected chi connectivity index (χ4v) is 4.36. The van der Waals surface area contributed by atoms with Crippen molar-refractivity contribution in [2.45, 2.75) is 56.9 Å². The van der Waals surface area contributed by atoms with Crippen molar-refractivity contribution < 1.29 is 40.6 Å². The molecule has 2 aliphatic rings. The van der Waals surface area contributed by atoms with Crippen LogP contribution in [0.2, 0.25) is 0 Å². The molecule has 1 aromatic carbocycles. The summed E-state index contributed by atoms with van der Waals surface area (Å²) < 4.78 is 90.0. The molecule has 38 heavy (non-hydrogen) atoms. The van der Waals surface area contributed by atoms with Crippen LogP contribution in [-0.4, -0.2) is 54.8 Å². The molecule has 1 saturated heterocycles. The first-order chi connectivity index (χ1) is 17.7. The number of guanidine groups is 1. The number of rotatable bonds is 4. The van der Waals surface area contributed by atoms with Gasteiger partial charge in [-0.05, 0) is 32.8 Å². The summed E-state index contributed by atoms with van der Waals surface area (Å²) >= 11 is 0. The van der Waals surface area contributed by atoms with E-state index in [0.717, 1.165) is 38.4 Å². The van der Waals surface area contributed by atoms with Crippen LogP contribution in [0, 0.1) is 0 Å². The Kier molecular flexibility index (Phi) is 7.16. The van der Waals surface area contributed by atoms with Crippen LogP contribution in [0.25, 0.3) is 10.9 Å². The summed E-state index contributed by atoms with van der Waals surface area (Å²) in [5.74, 6) is -0.740. The van der Waals surface area contributed by atoms with E-state index in [9.17, 15) is 31.1 Å². The van der Waals surface area contributed by atoms with Crippen molar-refractivity contribution >= 4 is 28.6 Å². The van der Waals surface area contributed by atoms with Crippen molar-refractivity contribution in [3.05, 3.63) is 35.7 Å². The SMILES string of the molecule is COC(=O)Nc1ccc2c(C3N=C(N[C@H]4CCC(C)(C)NC4)NC=C3C(F)(F)F)c[nH]c2c1OC(F)(F)F. The van der Waals surface area contributed by atoms with Crippen molar-refractivity contribution in [2.75, 3.05) is 19.0 Å². The van der Waals surface area contributed by atoms with E-state index in [1.54, 1.807) is 0 Å². The molecule has 15 heteroatoms. The Bertz CT molecular complexity index is 1260. The van der Waals surface area contributed by atoms with Crippen LogP contribution in [0.3, 0.4) is 0 Å². The number of alkyl halides is 6. The molecule has 2 aliphatic heterocycles. The number of piperidine rings is 1. The number of carbonyl (C=O) groups excluding carboxylic acids is 1.